The molecule has 2 saturated heterocycles. The zero-order valence-electron chi connectivity index (χ0n) is 20.4. The van der Waals surface area contributed by atoms with Gasteiger partial charge in [-0.25, -0.2) is 0 Å². The number of likely N-dealkylation sites (tertiary alicyclic amines) is 2. The van der Waals surface area contributed by atoms with Crippen LogP contribution in [0.3, 0.4) is 0 Å². The molecule has 188 valence electrons. The van der Waals surface area contributed by atoms with Crippen LogP contribution in [0.5, 0.6) is 5.75 Å². The highest BCUT2D eigenvalue weighted by Gasteiger charge is 2.43. The number of piperidine rings is 1. The molecule has 0 radical (unpaired) electrons. The second-order valence-electron chi connectivity index (χ2n) is 10.2. The van der Waals surface area contributed by atoms with Crippen LogP contribution < -0.4 is 0 Å². The number of hydrogen-bond donors (Lipinski definition) is 1. The molecule has 35 heavy (non-hydrogen) atoms. The Balaban J connectivity index is 1.32. The summed E-state index contributed by atoms with van der Waals surface area (Å²) in [7, 11) is 1.69. The maximum atomic E-state index is 13.8. The van der Waals surface area contributed by atoms with Gasteiger partial charge in [0.1, 0.15) is 5.75 Å². The van der Waals surface area contributed by atoms with Crippen molar-refractivity contribution < 1.29 is 19.4 Å². The van der Waals surface area contributed by atoms with Gasteiger partial charge >= 0.3 is 0 Å². The first kappa shape index (κ1) is 24.6. The summed E-state index contributed by atoms with van der Waals surface area (Å²) in [5.74, 6) is 0.0929. The standard InChI is InChI=1S/C28H35ClN2O4/c1-34-19-23-6-4-12-31(23)27(33)22(15-21-16-24(32)8-9-26(21)29)17-30-13-10-28(11-14-30)25-7-3-2-5-20(25)18-35-28/h2-3,5,7-9,16,22-23,32H,4,6,10-15,17-19H2,1H3/t22?,23-/m0/s1. The Kier molecular flexibility index (Phi) is 7.35. The summed E-state index contributed by atoms with van der Waals surface area (Å²) in [6.45, 7) is 4.45. The van der Waals surface area contributed by atoms with Gasteiger partial charge in [-0.3, -0.25) is 4.79 Å². The van der Waals surface area contributed by atoms with Crippen LogP contribution in [0.1, 0.15) is 42.4 Å². The lowest BCUT2D eigenvalue weighted by Crippen LogP contribution is -2.49. The molecule has 0 aromatic heterocycles. The van der Waals surface area contributed by atoms with Crippen molar-refractivity contribution >= 4 is 17.5 Å². The molecular weight excluding hydrogens is 464 g/mol. The van der Waals surface area contributed by atoms with Crippen molar-refractivity contribution in [2.45, 2.75) is 50.4 Å². The maximum Gasteiger partial charge on any atom is 0.227 e. The number of halogens is 1. The van der Waals surface area contributed by atoms with Crippen LogP contribution in [-0.4, -0.2) is 66.8 Å². The number of rotatable bonds is 7. The summed E-state index contributed by atoms with van der Waals surface area (Å²) in [4.78, 5) is 18.2. The minimum absolute atomic E-state index is 0.127. The van der Waals surface area contributed by atoms with Gasteiger partial charge in [0.25, 0.3) is 0 Å². The Hall–Kier alpha value is -2.12. The molecule has 5 rings (SSSR count). The van der Waals surface area contributed by atoms with Crippen molar-refractivity contribution in [1.29, 1.82) is 0 Å². The fraction of sp³-hybridized carbons (Fsp3) is 0.536. The summed E-state index contributed by atoms with van der Waals surface area (Å²) in [5, 5.41) is 10.6. The number of ether oxygens (including phenoxy) is 2. The lowest BCUT2D eigenvalue weighted by molar-refractivity contribution is -0.138. The third-order valence-electron chi connectivity index (χ3n) is 8.02. The van der Waals surface area contributed by atoms with Gasteiger partial charge in [0.2, 0.25) is 5.91 Å². The number of carbonyl (C=O) groups excluding carboxylic acids is 1. The van der Waals surface area contributed by atoms with Gasteiger partial charge in [0.05, 0.1) is 30.8 Å². The number of hydrogen-bond acceptors (Lipinski definition) is 5. The van der Waals surface area contributed by atoms with Crippen LogP contribution in [0.4, 0.5) is 0 Å². The monoisotopic (exact) mass is 498 g/mol. The number of amides is 1. The molecule has 0 aliphatic carbocycles. The predicted molar refractivity (Wildman–Crippen MR) is 136 cm³/mol. The molecule has 2 atom stereocenters. The van der Waals surface area contributed by atoms with E-state index in [9.17, 15) is 9.90 Å². The minimum atomic E-state index is -0.238. The van der Waals surface area contributed by atoms with Gasteiger partial charge in [-0.05, 0) is 67.0 Å². The fourth-order valence-corrected chi connectivity index (χ4v) is 6.34. The zero-order valence-corrected chi connectivity index (χ0v) is 21.2. The van der Waals surface area contributed by atoms with Crippen molar-refractivity contribution in [1.82, 2.24) is 9.80 Å². The van der Waals surface area contributed by atoms with Crippen LogP contribution in [0.25, 0.3) is 0 Å². The van der Waals surface area contributed by atoms with E-state index in [0.717, 1.165) is 50.9 Å². The van der Waals surface area contributed by atoms with Gasteiger partial charge in [0.15, 0.2) is 0 Å². The zero-order chi connectivity index (χ0) is 24.4. The van der Waals surface area contributed by atoms with E-state index >= 15 is 0 Å². The van der Waals surface area contributed by atoms with E-state index in [2.05, 4.69) is 29.2 Å². The fourth-order valence-electron chi connectivity index (χ4n) is 6.15. The Bertz CT molecular complexity index is 1050. The molecule has 3 aliphatic heterocycles. The molecule has 2 aromatic carbocycles. The van der Waals surface area contributed by atoms with Gasteiger partial charge in [-0.15, -0.1) is 0 Å². The maximum absolute atomic E-state index is 13.8. The third-order valence-corrected chi connectivity index (χ3v) is 8.39. The van der Waals surface area contributed by atoms with Gasteiger partial charge < -0.3 is 24.4 Å². The van der Waals surface area contributed by atoms with Crippen LogP contribution in [-0.2, 0) is 32.9 Å². The number of carbonyl (C=O) groups is 1. The summed E-state index contributed by atoms with van der Waals surface area (Å²) < 4.78 is 11.7. The van der Waals surface area contributed by atoms with Gasteiger partial charge in [0, 0.05) is 38.3 Å². The molecule has 0 bridgehead atoms. The summed E-state index contributed by atoms with van der Waals surface area (Å²) in [5.41, 5.74) is 3.25. The van der Waals surface area contributed by atoms with Crippen LogP contribution in [0.15, 0.2) is 42.5 Å². The predicted octanol–water partition coefficient (Wildman–Crippen LogP) is 4.36. The van der Waals surface area contributed by atoms with Gasteiger partial charge in [-0.1, -0.05) is 35.9 Å². The number of methoxy groups -OCH3 is 1. The molecular formula is C28H35ClN2O4. The summed E-state index contributed by atoms with van der Waals surface area (Å²) >= 11 is 6.47. The first-order chi connectivity index (χ1) is 17.0. The molecule has 3 heterocycles. The van der Waals surface area contributed by atoms with Crippen LogP contribution in [0.2, 0.25) is 5.02 Å². The number of fused-ring (bicyclic) bond motifs is 2. The highest BCUT2D eigenvalue weighted by atomic mass is 35.5. The normalized spacial score (nSPS) is 22.5. The first-order valence-electron chi connectivity index (χ1n) is 12.7. The lowest BCUT2D eigenvalue weighted by atomic mass is 9.83. The Morgan fingerprint density at radius 1 is 1.23 bits per heavy atom. The first-order valence-corrected chi connectivity index (χ1v) is 13.1. The van der Waals surface area contributed by atoms with E-state index in [1.807, 2.05) is 4.90 Å². The van der Waals surface area contributed by atoms with Gasteiger partial charge in [-0.2, -0.15) is 0 Å². The van der Waals surface area contributed by atoms with Crippen molar-refractivity contribution in [2.75, 3.05) is 39.9 Å². The highest BCUT2D eigenvalue weighted by molar-refractivity contribution is 6.31. The third kappa shape index (κ3) is 5.08. The number of phenolic OH excluding ortho intramolecular Hbond substituents is 1. The molecule has 7 heteroatoms. The smallest absolute Gasteiger partial charge is 0.227 e. The largest absolute Gasteiger partial charge is 0.508 e. The molecule has 2 fully saturated rings. The van der Waals surface area contributed by atoms with E-state index in [0.29, 0.717) is 31.2 Å². The number of aromatic hydroxyl groups is 1. The Morgan fingerprint density at radius 2 is 2.03 bits per heavy atom. The molecule has 1 spiro atoms. The van der Waals surface area contributed by atoms with E-state index in [1.165, 1.54) is 11.1 Å². The van der Waals surface area contributed by atoms with Crippen molar-refractivity contribution in [3.05, 3.63) is 64.2 Å². The molecule has 2 aromatic rings. The van der Waals surface area contributed by atoms with E-state index in [4.69, 9.17) is 21.1 Å². The SMILES string of the molecule is COC[C@@H]1CCCN1C(=O)C(Cc1cc(O)ccc1Cl)CN1CCC2(CC1)OCc1ccccc12. The average molecular weight is 499 g/mol. The number of benzene rings is 2. The van der Waals surface area contributed by atoms with E-state index < -0.39 is 0 Å². The van der Waals surface area contributed by atoms with Crippen LogP contribution in [0, 0.1) is 5.92 Å². The van der Waals surface area contributed by atoms with Crippen molar-refractivity contribution in [3.8, 4) is 5.75 Å². The summed E-state index contributed by atoms with van der Waals surface area (Å²) in [6.07, 6.45) is 4.33. The summed E-state index contributed by atoms with van der Waals surface area (Å²) in [6, 6.07) is 13.7. The molecule has 0 saturated carbocycles. The second kappa shape index (κ2) is 10.5. The molecule has 1 unspecified atom stereocenters. The minimum Gasteiger partial charge on any atom is -0.508 e. The number of nitrogens with zero attached hydrogens (tertiary/aromatic N) is 2. The Labute approximate surface area is 212 Å². The average Bonchev–Trinajstić information content (AvgIpc) is 3.47. The molecule has 1 N–H and O–H groups in total. The van der Waals surface area contributed by atoms with E-state index in [-0.39, 0.29) is 29.2 Å². The lowest BCUT2D eigenvalue weighted by Gasteiger charge is -2.41. The van der Waals surface area contributed by atoms with Crippen molar-refractivity contribution in [3.63, 3.8) is 0 Å². The Morgan fingerprint density at radius 3 is 2.83 bits per heavy atom. The molecule has 1 amide bonds. The second-order valence-corrected chi connectivity index (χ2v) is 10.6. The molecule has 6 nitrogen and oxygen atoms in total. The topological polar surface area (TPSA) is 62.2 Å². The van der Waals surface area contributed by atoms with Crippen LogP contribution >= 0.6 is 11.6 Å². The number of phenols is 1. The highest BCUT2D eigenvalue weighted by Crippen LogP contribution is 2.44. The molecule has 3 aliphatic rings. The van der Waals surface area contributed by atoms with Crippen molar-refractivity contribution in [2.24, 2.45) is 5.92 Å². The van der Waals surface area contributed by atoms with E-state index in [1.54, 1.807) is 25.3 Å². The quantitative estimate of drug-likeness (QED) is 0.614.